The van der Waals surface area contributed by atoms with Crippen LogP contribution in [0.25, 0.3) is 0 Å². The van der Waals surface area contributed by atoms with Crippen molar-refractivity contribution in [3.8, 4) is 0 Å². The molecule has 0 amide bonds. The molecular formula is C7H13N3OS. The van der Waals surface area contributed by atoms with Gasteiger partial charge in [-0.1, -0.05) is 11.4 Å². The molecule has 1 rings (SSSR count). The van der Waals surface area contributed by atoms with Gasteiger partial charge in [0.25, 0.3) is 0 Å². The summed E-state index contributed by atoms with van der Waals surface area (Å²) in [6.45, 7) is 2.90. The first-order chi connectivity index (χ1) is 5.86. The summed E-state index contributed by atoms with van der Waals surface area (Å²) in [6, 6.07) is 0.173. The summed E-state index contributed by atoms with van der Waals surface area (Å²) >= 11 is 1.34. The number of nitrogens with one attached hydrogen (secondary N) is 1. The van der Waals surface area contributed by atoms with Crippen LogP contribution in [0.2, 0.25) is 0 Å². The van der Waals surface area contributed by atoms with Gasteiger partial charge in [-0.2, -0.15) is 0 Å². The van der Waals surface area contributed by atoms with Crippen LogP contribution in [0.5, 0.6) is 0 Å². The van der Waals surface area contributed by atoms with E-state index in [1.807, 2.05) is 12.3 Å². The minimum atomic E-state index is 0.173. The van der Waals surface area contributed by atoms with Gasteiger partial charge in [0, 0.05) is 18.0 Å². The summed E-state index contributed by atoms with van der Waals surface area (Å²) in [7, 11) is 0. The maximum Gasteiger partial charge on any atom is 0.0893 e. The van der Waals surface area contributed by atoms with Crippen molar-refractivity contribution in [1.82, 2.24) is 14.9 Å². The Morgan fingerprint density at radius 2 is 2.58 bits per heavy atom. The monoisotopic (exact) mass is 187 g/mol. The normalized spacial score (nSPS) is 13.2. The number of hydrogen-bond acceptors (Lipinski definition) is 5. The third kappa shape index (κ3) is 2.84. The van der Waals surface area contributed by atoms with E-state index in [4.69, 9.17) is 5.11 Å². The second-order valence-electron chi connectivity index (χ2n) is 2.56. The molecule has 68 valence electrons. The minimum absolute atomic E-state index is 0.173. The van der Waals surface area contributed by atoms with Crippen molar-refractivity contribution in [2.45, 2.75) is 25.9 Å². The van der Waals surface area contributed by atoms with Gasteiger partial charge in [0.15, 0.2) is 0 Å². The molecule has 1 aromatic rings. The van der Waals surface area contributed by atoms with Crippen molar-refractivity contribution >= 4 is 11.5 Å². The van der Waals surface area contributed by atoms with Gasteiger partial charge < -0.3 is 10.4 Å². The van der Waals surface area contributed by atoms with E-state index in [1.165, 1.54) is 11.5 Å². The molecule has 1 aromatic heterocycles. The minimum Gasteiger partial charge on any atom is -0.395 e. The number of aliphatic hydroxyl groups is 1. The zero-order valence-corrected chi connectivity index (χ0v) is 7.84. The van der Waals surface area contributed by atoms with E-state index < -0.39 is 0 Å². The molecule has 0 aliphatic carbocycles. The van der Waals surface area contributed by atoms with Crippen molar-refractivity contribution < 1.29 is 5.11 Å². The molecule has 0 bridgehead atoms. The summed E-state index contributed by atoms with van der Waals surface area (Å²) < 4.78 is 3.74. The lowest BCUT2D eigenvalue weighted by molar-refractivity contribution is 0.238. The Morgan fingerprint density at radius 1 is 1.75 bits per heavy atom. The van der Waals surface area contributed by atoms with Gasteiger partial charge in [-0.15, -0.1) is 5.10 Å². The SMILES string of the molecule is CCC(CO)NCc1csnn1. The van der Waals surface area contributed by atoms with Crippen molar-refractivity contribution in [2.24, 2.45) is 0 Å². The zero-order valence-electron chi connectivity index (χ0n) is 7.03. The van der Waals surface area contributed by atoms with Gasteiger partial charge in [0.05, 0.1) is 12.3 Å². The Kier molecular flexibility index (Phi) is 4.13. The molecule has 0 saturated carbocycles. The van der Waals surface area contributed by atoms with Crippen molar-refractivity contribution in [1.29, 1.82) is 0 Å². The summed E-state index contributed by atoms with van der Waals surface area (Å²) in [5.41, 5.74) is 0.937. The van der Waals surface area contributed by atoms with E-state index in [0.717, 1.165) is 12.1 Å². The maximum atomic E-state index is 8.86. The summed E-state index contributed by atoms with van der Waals surface area (Å²) in [4.78, 5) is 0. The van der Waals surface area contributed by atoms with Gasteiger partial charge >= 0.3 is 0 Å². The number of rotatable bonds is 5. The predicted octanol–water partition coefficient (Wildman–Crippen LogP) is 0.399. The Balaban J connectivity index is 2.25. The molecule has 0 saturated heterocycles. The number of hydrogen-bond donors (Lipinski definition) is 2. The van der Waals surface area contributed by atoms with Gasteiger partial charge in [-0.25, -0.2) is 0 Å². The van der Waals surface area contributed by atoms with E-state index >= 15 is 0 Å². The van der Waals surface area contributed by atoms with E-state index in [1.54, 1.807) is 0 Å². The van der Waals surface area contributed by atoms with Crippen LogP contribution in [-0.2, 0) is 6.54 Å². The highest BCUT2D eigenvalue weighted by atomic mass is 32.1. The van der Waals surface area contributed by atoms with Crippen molar-refractivity contribution in [2.75, 3.05) is 6.61 Å². The molecule has 0 aromatic carbocycles. The third-order valence-electron chi connectivity index (χ3n) is 1.69. The van der Waals surface area contributed by atoms with E-state index in [-0.39, 0.29) is 12.6 Å². The summed E-state index contributed by atoms with van der Waals surface area (Å²) in [5, 5.41) is 17.8. The smallest absolute Gasteiger partial charge is 0.0893 e. The first-order valence-electron chi connectivity index (χ1n) is 3.97. The highest BCUT2D eigenvalue weighted by Gasteiger charge is 2.03. The first-order valence-corrected chi connectivity index (χ1v) is 4.80. The fourth-order valence-electron chi connectivity index (χ4n) is 0.848. The maximum absolute atomic E-state index is 8.86. The molecular weight excluding hydrogens is 174 g/mol. The fourth-order valence-corrected chi connectivity index (χ4v) is 1.30. The van der Waals surface area contributed by atoms with E-state index in [0.29, 0.717) is 6.54 Å². The highest BCUT2D eigenvalue weighted by Crippen LogP contribution is 1.97. The van der Waals surface area contributed by atoms with Gasteiger partial charge in [0.1, 0.15) is 0 Å². The summed E-state index contributed by atoms with van der Waals surface area (Å²) in [5.74, 6) is 0. The number of aromatic nitrogens is 2. The van der Waals surface area contributed by atoms with Crippen LogP contribution >= 0.6 is 11.5 Å². The largest absolute Gasteiger partial charge is 0.395 e. The molecule has 1 atom stereocenters. The van der Waals surface area contributed by atoms with Gasteiger partial charge in [-0.3, -0.25) is 0 Å². The van der Waals surface area contributed by atoms with Gasteiger partial charge in [-0.05, 0) is 18.0 Å². The molecule has 0 fully saturated rings. The zero-order chi connectivity index (χ0) is 8.81. The molecule has 4 nitrogen and oxygen atoms in total. The number of aliphatic hydroxyl groups excluding tert-OH is 1. The standard InChI is InChI=1S/C7H13N3OS/c1-2-6(4-11)8-3-7-5-12-10-9-7/h5-6,8,11H,2-4H2,1H3. The van der Waals surface area contributed by atoms with Crippen LogP contribution < -0.4 is 5.32 Å². The molecule has 5 heteroatoms. The van der Waals surface area contributed by atoms with Crippen LogP contribution in [0.4, 0.5) is 0 Å². The second kappa shape index (κ2) is 5.18. The lowest BCUT2D eigenvalue weighted by Crippen LogP contribution is -2.31. The topological polar surface area (TPSA) is 58.0 Å². The molecule has 0 aliphatic heterocycles. The van der Waals surface area contributed by atoms with E-state index in [2.05, 4.69) is 14.9 Å². The molecule has 2 N–H and O–H groups in total. The molecule has 12 heavy (non-hydrogen) atoms. The second-order valence-corrected chi connectivity index (χ2v) is 3.17. The summed E-state index contributed by atoms with van der Waals surface area (Å²) in [6.07, 6.45) is 0.925. The van der Waals surface area contributed by atoms with Crippen LogP contribution in [0.15, 0.2) is 5.38 Å². The van der Waals surface area contributed by atoms with Crippen LogP contribution in [0, 0.1) is 0 Å². The molecule has 0 spiro atoms. The van der Waals surface area contributed by atoms with Crippen molar-refractivity contribution in [3.05, 3.63) is 11.1 Å². The van der Waals surface area contributed by atoms with Gasteiger partial charge in [0.2, 0.25) is 0 Å². The van der Waals surface area contributed by atoms with Crippen LogP contribution in [0.1, 0.15) is 19.0 Å². The predicted molar refractivity (Wildman–Crippen MR) is 47.9 cm³/mol. The molecule has 1 unspecified atom stereocenters. The Bertz CT molecular complexity index is 198. The quantitative estimate of drug-likeness (QED) is 0.700. The molecule has 1 heterocycles. The lowest BCUT2D eigenvalue weighted by atomic mass is 10.2. The fraction of sp³-hybridized carbons (Fsp3) is 0.714. The lowest BCUT2D eigenvalue weighted by Gasteiger charge is -2.11. The van der Waals surface area contributed by atoms with Crippen LogP contribution in [-0.4, -0.2) is 27.3 Å². The third-order valence-corrected chi connectivity index (χ3v) is 2.24. The average molecular weight is 187 g/mol. The Labute approximate surface area is 75.8 Å². The molecule has 0 aliphatic rings. The average Bonchev–Trinajstić information content (AvgIpc) is 2.59. The Hall–Kier alpha value is -0.520. The van der Waals surface area contributed by atoms with Crippen molar-refractivity contribution in [3.63, 3.8) is 0 Å². The van der Waals surface area contributed by atoms with E-state index in [9.17, 15) is 0 Å². The number of nitrogens with zero attached hydrogens (tertiary/aromatic N) is 2. The highest BCUT2D eigenvalue weighted by molar-refractivity contribution is 7.03. The molecule has 0 radical (unpaired) electrons. The van der Waals surface area contributed by atoms with Crippen LogP contribution in [0.3, 0.4) is 0 Å². The Morgan fingerprint density at radius 3 is 3.08 bits per heavy atom. The first kappa shape index (κ1) is 9.57.